The van der Waals surface area contributed by atoms with Gasteiger partial charge in [0.05, 0.1) is 10.6 Å². The van der Waals surface area contributed by atoms with Gasteiger partial charge in [0.15, 0.2) is 0 Å². The van der Waals surface area contributed by atoms with Gasteiger partial charge in [0.1, 0.15) is 0 Å². The Morgan fingerprint density at radius 2 is 2.39 bits per heavy atom. The minimum atomic E-state index is -0.379. The van der Waals surface area contributed by atoms with E-state index < -0.39 is 0 Å². The number of rotatable bonds is 4. The first-order chi connectivity index (χ1) is 8.60. The maximum absolute atomic E-state index is 10.8. The van der Waals surface area contributed by atoms with Crippen LogP contribution in [0.3, 0.4) is 0 Å². The fourth-order valence-electron chi connectivity index (χ4n) is 2.38. The molecule has 0 radical (unpaired) electrons. The largest absolute Gasteiger partial charge is 0.324 e. The molecule has 0 bridgehead atoms. The number of hydrazine groups is 1. The highest BCUT2D eigenvalue weighted by Gasteiger charge is 2.20. The number of nitrogen functional groups attached to an aromatic ring is 1. The second-order valence-electron chi connectivity index (χ2n) is 4.87. The molecule has 6 heteroatoms. The third kappa shape index (κ3) is 2.77. The molecule has 1 unspecified atom stereocenters. The molecule has 1 heterocycles. The van der Waals surface area contributed by atoms with Crippen molar-refractivity contribution in [1.29, 1.82) is 0 Å². The van der Waals surface area contributed by atoms with Crippen molar-refractivity contribution >= 4 is 11.4 Å². The highest BCUT2D eigenvalue weighted by molar-refractivity contribution is 5.55. The number of benzene rings is 1. The van der Waals surface area contributed by atoms with Gasteiger partial charge in [-0.3, -0.25) is 20.9 Å². The van der Waals surface area contributed by atoms with Crippen LogP contribution in [0.2, 0.25) is 0 Å². The number of hydrogen-bond acceptors (Lipinski definition) is 5. The van der Waals surface area contributed by atoms with Crippen molar-refractivity contribution < 1.29 is 4.92 Å². The van der Waals surface area contributed by atoms with E-state index in [1.54, 1.807) is 12.1 Å². The molecule has 0 spiro atoms. The molecule has 2 rings (SSSR count). The van der Waals surface area contributed by atoms with Gasteiger partial charge in [0.25, 0.3) is 5.69 Å². The molecule has 1 atom stereocenters. The average Bonchev–Trinajstić information content (AvgIpc) is 2.74. The van der Waals surface area contributed by atoms with Gasteiger partial charge in [0, 0.05) is 25.2 Å². The number of nitro groups is 1. The summed E-state index contributed by atoms with van der Waals surface area (Å²) in [7, 11) is 0. The molecule has 0 aliphatic carbocycles. The van der Waals surface area contributed by atoms with Gasteiger partial charge in [0.2, 0.25) is 0 Å². The second-order valence-corrected chi connectivity index (χ2v) is 4.87. The van der Waals surface area contributed by atoms with Gasteiger partial charge in [-0.2, -0.15) is 0 Å². The van der Waals surface area contributed by atoms with Crippen molar-refractivity contribution in [2.24, 2.45) is 11.8 Å². The Kier molecular flexibility index (Phi) is 3.78. The predicted octanol–water partition coefficient (Wildman–Crippen LogP) is 1.72. The summed E-state index contributed by atoms with van der Waals surface area (Å²) in [6.45, 7) is 4.99. The van der Waals surface area contributed by atoms with Gasteiger partial charge in [-0.15, -0.1) is 0 Å². The van der Waals surface area contributed by atoms with E-state index in [0.29, 0.717) is 12.5 Å². The molecule has 1 fully saturated rings. The molecule has 0 saturated carbocycles. The lowest BCUT2D eigenvalue weighted by molar-refractivity contribution is -0.384. The minimum absolute atomic E-state index is 0.108. The van der Waals surface area contributed by atoms with Crippen LogP contribution in [0, 0.1) is 16.0 Å². The number of hydrogen-bond donors (Lipinski definition) is 2. The van der Waals surface area contributed by atoms with E-state index in [1.807, 2.05) is 0 Å². The molecule has 98 valence electrons. The topological polar surface area (TPSA) is 84.4 Å². The van der Waals surface area contributed by atoms with Gasteiger partial charge >= 0.3 is 0 Å². The Morgan fingerprint density at radius 3 is 2.94 bits per heavy atom. The van der Waals surface area contributed by atoms with Crippen molar-refractivity contribution in [2.75, 3.05) is 18.5 Å². The molecule has 0 aromatic heterocycles. The second kappa shape index (κ2) is 5.32. The molecule has 1 aromatic carbocycles. The maximum atomic E-state index is 10.8. The number of nitrogens with two attached hydrogens (primary N) is 1. The Bertz CT molecular complexity index is 450. The molecule has 1 aromatic rings. The SMILES string of the molecule is CC1CCN(Cc2cc([N+](=O)[O-])ccc2NN)C1. The van der Waals surface area contributed by atoms with E-state index in [1.165, 1.54) is 12.5 Å². The van der Waals surface area contributed by atoms with Crippen molar-refractivity contribution in [2.45, 2.75) is 19.9 Å². The van der Waals surface area contributed by atoms with E-state index in [-0.39, 0.29) is 10.6 Å². The van der Waals surface area contributed by atoms with Crippen LogP contribution in [-0.4, -0.2) is 22.9 Å². The van der Waals surface area contributed by atoms with Crippen LogP contribution in [0.25, 0.3) is 0 Å². The number of nitrogens with zero attached hydrogens (tertiary/aromatic N) is 2. The van der Waals surface area contributed by atoms with E-state index in [0.717, 1.165) is 24.3 Å². The normalized spacial score (nSPS) is 20.0. The fourth-order valence-corrected chi connectivity index (χ4v) is 2.38. The number of anilines is 1. The molecular weight excluding hydrogens is 232 g/mol. The molecular formula is C12H18N4O2. The number of nitrogens with one attached hydrogen (secondary N) is 1. The van der Waals surface area contributed by atoms with Crippen molar-refractivity contribution in [3.63, 3.8) is 0 Å². The van der Waals surface area contributed by atoms with Crippen LogP contribution in [0.15, 0.2) is 18.2 Å². The standard InChI is InChI=1S/C12H18N4O2/c1-9-4-5-15(7-9)8-10-6-11(16(17)18)2-3-12(10)14-13/h2-3,6,9,14H,4-5,7-8,13H2,1H3. The molecule has 0 amide bonds. The number of non-ortho nitro benzene ring substituents is 1. The highest BCUT2D eigenvalue weighted by Crippen LogP contribution is 2.25. The van der Waals surface area contributed by atoms with Crippen molar-refractivity contribution in [3.05, 3.63) is 33.9 Å². The minimum Gasteiger partial charge on any atom is -0.324 e. The van der Waals surface area contributed by atoms with Crippen LogP contribution in [-0.2, 0) is 6.54 Å². The lowest BCUT2D eigenvalue weighted by atomic mass is 10.1. The fraction of sp³-hybridized carbons (Fsp3) is 0.500. The van der Waals surface area contributed by atoms with Crippen LogP contribution in [0.1, 0.15) is 18.9 Å². The molecule has 3 N–H and O–H groups in total. The van der Waals surface area contributed by atoms with E-state index in [2.05, 4.69) is 17.2 Å². The average molecular weight is 250 g/mol. The summed E-state index contributed by atoms with van der Waals surface area (Å²) in [5, 5.41) is 10.8. The third-order valence-corrected chi connectivity index (χ3v) is 3.36. The zero-order chi connectivity index (χ0) is 13.1. The quantitative estimate of drug-likeness (QED) is 0.483. The zero-order valence-corrected chi connectivity index (χ0v) is 10.4. The third-order valence-electron chi connectivity index (χ3n) is 3.36. The van der Waals surface area contributed by atoms with Gasteiger partial charge in [-0.05, 0) is 30.5 Å². The summed E-state index contributed by atoms with van der Waals surface area (Å²) >= 11 is 0. The molecule has 1 aliphatic heterocycles. The zero-order valence-electron chi connectivity index (χ0n) is 10.4. The van der Waals surface area contributed by atoms with E-state index >= 15 is 0 Å². The van der Waals surface area contributed by atoms with Gasteiger partial charge in [-0.25, -0.2) is 0 Å². The first-order valence-electron chi connectivity index (χ1n) is 6.06. The molecule has 1 saturated heterocycles. The van der Waals surface area contributed by atoms with Crippen LogP contribution < -0.4 is 11.3 Å². The Labute approximate surface area is 106 Å². The molecule has 1 aliphatic rings. The van der Waals surface area contributed by atoms with Gasteiger partial charge < -0.3 is 5.43 Å². The summed E-state index contributed by atoms with van der Waals surface area (Å²) in [4.78, 5) is 12.7. The first-order valence-corrected chi connectivity index (χ1v) is 6.06. The van der Waals surface area contributed by atoms with E-state index in [9.17, 15) is 10.1 Å². The smallest absolute Gasteiger partial charge is 0.269 e. The Balaban J connectivity index is 2.18. The molecule has 6 nitrogen and oxygen atoms in total. The highest BCUT2D eigenvalue weighted by atomic mass is 16.6. The number of nitro benzene ring substituents is 1. The maximum Gasteiger partial charge on any atom is 0.269 e. The van der Waals surface area contributed by atoms with E-state index in [4.69, 9.17) is 5.84 Å². The Hall–Kier alpha value is -1.66. The summed E-state index contributed by atoms with van der Waals surface area (Å²) in [5.41, 5.74) is 4.33. The van der Waals surface area contributed by atoms with Crippen LogP contribution in [0.4, 0.5) is 11.4 Å². The lowest BCUT2D eigenvalue weighted by Gasteiger charge is -2.17. The lowest BCUT2D eigenvalue weighted by Crippen LogP contribution is -2.21. The van der Waals surface area contributed by atoms with Gasteiger partial charge in [-0.1, -0.05) is 6.92 Å². The Morgan fingerprint density at radius 1 is 1.61 bits per heavy atom. The van der Waals surface area contributed by atoms with Crippen molar-refractivity contribution in [3.8, 4) is 0 Å². The van der Waals surface area contributed by atoms with Crippen LogP contribution >= 0.6 is 0 Å². The summed E-state index contributed by atoms with van der Waals surface area (Å²) in [6.07, 6.45) is 1.18. The summed E-state index contributed by atoms with van der Waals surface area (Å²) in [6, 6.07) is 4.72. The summed E-state index contributed by atoms with van der Waals surface area (Å²) in [5.74, 6) is 6.13. The number of likely N-dealkylation sites (tertiary alicyclic amines) is 1. The monoisotopic (exact) mass is 250 g/mol. The molecule has 18 heavy (non-hydrogen) atoms. The summed E-state index contributed by atoms with van der Waals surface area (Å²) < 4.78 is 0. The predicted molar refractivity (Wildman–Crippen MR) is 70.0 cm³/mol. The van der Waals surface area contributed by atoms with Crippen molar-refractivity contribution in [1.82, 2.24) is 4.90 Å². The first kappa shape index (κ1) is 12.8. The van der Waals surface area contributed by atoms with Crippen LogP contribution in [0.5, 0.6) is 0 Å².